The summed E-state index contributed by atoms with van der Waals surface area (Å²) in [5.41, 5.74) is 2.00. The van der Waals surface area contributed by atoms with Gasteiger partial charge in [-0.1, -0.05) is 30.3 Å². The fraction of sp³-hybridized carbons (Fsp3) is 0.348. The highest BCUT2D eigenvalue weighted by Gasteiger charge is 2.26. The van der Waals surface area contributed by atoms with Gasteiger partial charge in [0, 0.05) is 44.5 Å². The average Bonchev–Trinajstić information content (AvgIpc) is 2.81. The van der Waals surface area contributed by atoms with Crippen LogP contribution in [0.4, 0.5) is 5.69 Å². The monoisotopic (exact) mass is 443 g/mol. The largest absolute Gasteiger partial charge is 0.497 e. The molecule has 2 aromatic rings. The van der Waals surface area contributed by atoms with Crippen LogP contribution < -0.4 is 15.0 Å². The zero-order valence-corrected chi connectivity index (χ0v) is 18.6. The topological polar surface area (TPSA) is 79.0 Å². The molecular weight excluding hydrogens is 414 g/mol. The van der Waals surface area contributed by atoms with Crippen molar-refractivity contribution < 1.29 is 17.9 Å². The smallest absolute Gasteiger partial charge is 0.243 e. The number of carbonyl (C=O) groups excluding carboxylic acids is 1. The van der Waals surface area contributed by atoms with Crippen LogP contribution in [-0.4, -0.2) is 64.2 Å². The number of nitrogens with one attached hydrogen (secondary N) is 1. The first kappa shape index (κ1) is 22.8. The zero-order chi connectivity index (χ0) is 22.1. The lowest BCUT2D eigenvalue weighted by Gasteiger charge is -2.35. The molecule has 0 unspecified atom stereocenters. The Morgan fingerprint density at radius 3 is 2.35 bits per heavy atom. The number of benzene rings is 2. The maximum atomic E-state index is 12.6. The first-order valence-electron chi connectivity index (χ1n) is 10.4. The summed E-state index contributed by atoms with van der Waals surface area (Å²) in [6.07, 6.45) is 3.57. The van der Waals surface area contributed by atoms with E-state index in [1.54, 1.807) is 17.5 Å². The van der Waals surface area contributed by atoms with E-state index >= 15 is 0 Å². The van der Waals surface area contributed by atoms with Crippen LogP contribution in [0.25, 0.3) is 6.08 Å². The molecule has 1 amide bonds. The summed E-state index contributed by atoms with van der Waals surface area (Å²) < 4.78 is 32.0. The zero-order valence-electron chi connectivity index (χ0n) is 17.7. The van der Waals surface area contributed by atoms with Crippen LogP contribution in [0.3, 0.4) is 0 Å². The van der Waals surface area contributed by atoms with Crippen molar-refractivity contribution >= 4 is 27.7 Å². The molecule has 1 aliphatic heterocycles. The molecule has 1 heterocycles. The third kappa shape index (κ3) is 6.83. The minimum Gasteiger partial charge on any atom is -0.497 e. The third-order valence-electron chi connectivity index (χ3n) is 5.17. The highest BCUT2D eigenvalue weighted by molar-refractivity contribution is 7.89. The SMILES string of the molecule is COc1ccc(N2CCN(S(=O)(=O)CCCNC(=O)/C=C/c3ccccc3)CC2)cc1. The molecule has 1 fully saturated rings. The molecule has 8 heteroatoms. The van der Waals surface area contributed by atoms with E-state index in [9.17, 15) is 13.2 Å². The highest BCUT2D eigenvalue weighted by Crippen LogP contribution is 2.21. The van der Waals surface area contributed by atoms with Crippen molar-refractivity contribution in [3.63, 3.8) is 0 Å². The Morgan fingerprint density at radius 2 is 1.71 bits per heavy atom. The first-order valence-corrected chi connectivity index (χ1v) is 12.0. The number of ether oxygens (including phenoxy) is 1. The van der Waals surface area contributed by atoms with Gasteiger partial charge in [-0.05, 0) is 42.3 Å². The minimum absolute atomic E-state index is 0.0260. The van der Waals surface area contributed by atoms with Crippen LogP contribution in [0.15, 0.2) is 60.7 Å². The summed E-state index contributed by atoms with van der Waals surface area (Å²) in [5.74, 6) is 0.597. The van der Waals surface area contributed by atoms with Crippen LogP contribution in [0.1, 0.15) is 12.0 Å². The molecule has 2 aromatic carbocycles. The molecule has 1 aliphatic rings. The fourth-order valence-electron chi connectivity index (χ4n) is 3.41. The molecule has 7 nitrogen and oxygen atoms in total. The van der Waals surface area contributed by atoms with E-state index in [4.69, 9.17) is 4.74 Å². The van der Waals surface area contributed by atoms with Crippen LogP contribution in [0.5, 0.6) is 5.75 Å². The predicted octanol–water partition coefficient (Wildman–Crippen LogP) is 2.37. The van der Waals surface area contributed by atoms with Gasteiger partial charge in [0.2, 0.25) is 15.9 Å². The van der Waals surface area contributed by atoms with Gasteiger partial charge < -0.3 is 15.0 Å². The number of sulfonamides is 1. The Kier molecular flexibility index (Phi) is 8.08. The van der Waals surface area contributed by atoms with E-state index in [0.717, 1.165) is 17.0 Å². The van der Waals surface area contributed by atoms with Crippen LogP contribution >= 0.6 is 0 Å². The second-order valence-electron chi connectivity index (χ2n) is 7.29. The minimum atomic E-state index is -3.34. The van der Waals surface area contributed by atoms with Crippen molar-refractivity contribution in [3.8, 4) is 5.75 Å². The van der Waals surface area contributed by atoms with Crippen LogP contribution in [0.2, 0.25) is 0 Å². The molecule has 0 aliphatic carbocycles. The number of carbonyl (C=O) groups is 1. The Hall–Kier alpha value is -2.84. The number of amides is 1. The van der Waals surface area contributed by atoms with Gasteiger partial charge in [-0.15, -0.1) is 0 Å². The lowest BCUT2D eigenvalue weighted by molar-refractivity contribution is -0.116. The molecule has 166 valence electrons. The van der Waals surface area contributed by atoms with Gasteiger partial charge in [-0.25, -0.2) is 8.42 Å². The molecular formula is C23H29N3O4S. The summed E-state index contributed by atoms with van der Waals surface area (Å²) in [6, 6.07) is 17.3. The van der Waals surface area contributed by atoms with E-state index in [1.165, 1.54) is 6.08 Å². The number of nitrogens with zero attached hydrogens (tertiary/aromatic N) is 2. The number of piperazine rings is 1. The van der Waals surface area contributed by atoms with Gasteiger partial charge in [0.25, 0.3) is 0 Å². The molecule has 0 spiro atoms. The van der Waals surface area contributed by atoms with Crippen molar-refractivity contribution in [2.45, 2.75) is 6.42 Å². The van der Waals surface area contributed by atoms with Gasteiger partial charge in [0.1, 0.15) is 5.75 Å². The van der Waals surface area contributed by atoms with Crippen LogP contribution in [0, 0.1) is 0 Å². The summed E-state index contributed by atoms with van der Waals surface area (Å²) in [7, 11) is -1.71. The summed E-state index contributed by atoms with van der Waals surface area (Å²) in [4.78, 5) is 14.1. The van der Waals surface area contributed by atoms with Crippen molar-refractivity contribution in [1.82, 2.24) is 9.62 Å². The van der Waals surface area contributed by atoms with E-state index < -0.39 is 10.0 Å². The Morgan fingerprint density at radius 1 is 1.03 bits per heavy atom. The van der Waals surface area contributed by atoms with Gasteiger partial charge in [0.15, 0.2) is 0 Å². The summed E-state index contributed by atoms with van der Waals surface area (Å²) >= 11 is 0. The molecule has 1 N–H and O–H groups in total. The normalized spacial score (nSPS) is 15.2. The maximum absolute atomic E-state index is 12.6. The number of anilines is 1. The molecule has 0 saturated carbocycles. The van der Waals surface area contributed by atoms with Gasteiger partial charge in [0.05, 0.1) is 12.9 Å². The number of methoxy groups -OCH3 is 1. The first-order chi connectivity index (χ1) is 15.0. The summed E-state index contributed by atoms with van der Waals surface area (Å²) in [5, 5.41) is 2.74. The molecule has 1 saturated heterocycles. The van der Waals surface area contributed by atoms with E-state index in [-0.39, 0.29) is 11.7 Å². The van der Waals surface area contributed by atoms with Crippen molar-refractivity contribution in [1.29, 1.82) is 0 Å². The third-order valence-corrected chi connectivity index (χ3v) is 7.13. The van der Waals surface area contributed by atoms with Crippen LogP contribution in [-0.2, 0) is 14.8 Å². The fourth-order valence-corrected chi connectivity index (χ4v) is 4.89. The number of hydrogen-bond donors (Lipinski definition) is 1. The van der Waals surface area contributed by atoms with E-state index in [0.29, 0.717) is 39.1 Å². The van der Waals surface area contributed by atoms with E-state index in [1.807, 2.05) is 54.6 Å². The highest BCUT2D eigenvalue weighted by atomic mass is 32.2. The predicted molar refractivity (Wildman–Crippen MR) is 124 cm³/mol. The van der Waals surface area contributed by atoms with Crippen molar-refractivity contribution in [2.24, 2.45) is 0 Å². The van der Waals surface area contributed by atoms with Gasteiger partial charge >= 0.3 is 0 Å². The number of hydrogen-bond acceptors (Lipinski definition) is 5. The standard InChI is InChI=1S/C23H29N3O4S/c1-30-22-11-9-21(10-12-22)25-15-17-26(18-16-25)31(28,29)19-5-14-24-23(27)13-8-20-6-3-2-4-7-20/h2-4,6-13H,5,14-19H2,1H3,(H,24,27)/b13-8+. The van der Waals surface area contributed by atoms with Crippen molar-refractivity contribution in [2.75, 3.05) is 50.5 Å². The summed E-state index contributed by atoms with van der Waals surface area (Å²) in [6.45, 7) is 2.53. The van der Waals surface area contributed by atoms with Gasteiger partial charge in [-0.2, -0.15) is 4.31 Å². The molecule has 0 aromatic heterocycles. The lowest BCUT2D eigenvalue weighted by Crippen LogP contribution is -2.49. The van der Waals surface area contributed by atoms with Gasteiger partial charge in [-0.3, -0.25) is 4.79 Å². The quantitative estimate of drug-likeness (QED) is 0.476. The average molecular weight is 444 g/mol. The maximum Gasteiger partial charge on any atom is 0.243 e. The Labute approximate surface area is 184 Å². The number of rotatable bonds is 9. The second kappa shape index (κ2) is 11.0. The lowest BCUT2D eigenvalue weighted by atomic mass is 10.2. The molecule has 3 rings (SSSR count). The molecule has 31 heavy (non-hydrogen) atoms. The van der Waals surface area contributed by atoms with E-state index in [2.05, 4.69) is 10.2 Å². The Balaban J connectivity index is 1.39. The van der Waals surface area contributed by atoms with Crippen molar-refractivity contribution in [3.05, 3.63) is 66.2 Å². The molecule has 0 bridgehead atoms. The molecule has 0 radical (unpaired) electrons. The molecule has 0 atom stereocenters. The Bertz CT molecular complexity index is 968. The second-order valence-corrected chi connectivity index (χ2v) is 9.38.